The third kappa shape index (κ3) is 2.06. The van der Waals surface area contributed by atoms with E-state index in [-0.39, 0.29) is 5.91 Å². The third-order valence-corrected chi connectivity index (χ3v) is 2.59. The number of aryl methyl sites for hydroxylation is 1. The molecule has 0 aromatic heterocycles. The highest BCUT2D eigenvalue weighted by molar-refractivity contribution is 6.33. The Bertz CT molecular complexity index is 517. The van der Waals surface area contributed by atoms with Crippen LogP contribution in [0.2, 0.25) is 0 Å². The van der Waals surface area contributed by atoms with Gasteiger partial charge in [0.05, 0.1) is 17.9 Å². The number of carbonyl (C=O) groups is 2. The number of hydrogen-bond acceptors (Lipinski definition) is 3. The van der Waals surface area contributed by atoms with Crippen LogP contribution in [0.5, 0.6) is 0 Å². The molecule has 1 aliphatic rings. The molecule has 1 heterocycles. The number of rotatable bonds is 2. The monoisotopic (exact) mass is 231 g/mol. The highest BCUT2D eigenvalue weighted by Crippen LogP contribution is 2.33. The first-order chi connectivity index (χ1) is 8.13. The van der Waals surface area contributed by atoms with Crippen LogP contribution in [-0.2, 0) is 14.3 Å². The van der Waals surface area contributed by atoms with Crippen LogP contribution >= 0.6 is 0 Å². The molecule has 0 radical (unpaired) electrons. The van der Waals surface area contributed by atoms with Gasteiger partial charge in [-0.05, 0) is 19.4 Å². The van der Waals surface area contributed by atoms with E-state index < -0.39 is 5.97 Å². The van der Waals surface area contributed by atoms with Crippen molar-refractivity contribution in [3.8, 4) is 0 Å². The maximum absolute atomic E-state index is 11.7. The molecule has 88 valence electrons. The first-order valence-electron chi connectivity index (χ1n) is 5.43. The van der Waals surface area contributed by atoms with Gasteiger partial charge < -0.3 is 10.1 Å². The van der Waals surface area contributed by atoms with Crippen LogP contribution < -0.4 is 5.32 Å². The zero-order valence-electron chi connectivity index (χ0n) is 9.74. The smallest absolute Gasteiger partial charge is 0.331 e. The van der Waals surface area contributed by atoms with E-state index in [0.29, 0.717) is 12.2 Å². The molecule has 4 nitrogen and oxygen atoms in total. The van der Waals surface area contributed by atoms with Crippen molar-refractivity contribution in [2.45, 2.75) is 13.8 Å². The molecule has 1 aromatic carbocycles. The second kappa shape index (κ2) is 4.41. The maximum Gasteiger partial charge on any atom is 0.331 e. The van der Waals surface area contributed by atoms with E-state index in [4.69, 9.17) is 4.74 Å². The molecule has 0 unspecified atom stereocenters. The zero-order valence-corrected chi connectivity index (χ0v) is 9.74. The fraction of sp³-hybridized carbons (Fsp3) is 0.231. The molecule has 0 bridgehead atoms. The second-order valence-corrected chi connectivity index (χ2v) is 3.76. The van der Waals surface area contributed by atoms with Crippen molar-refractivity contribution >= 4 is 23.1 Å². The normalized spacial score (nSPS) is 15.6. The minimum atomic E-state index is -0.494. The van der Waals surface area contributed by atoms with E-state index in [1.54, 1.807) is 6.92 Å². The van der Waals surface area contributed by atoms with Crippen molar-refractivity contribution in [3.63, 3.8) is 0 Å². The molecule has 0 saturated heterocycles. The first-order valence-corrected chi connectivity index (χ1v) is 5.43. The molecule has 1 amide bonds. The first kappa shape index (κ1) is 11.4. The second-order valence-electron chi connectivity index (χ2n) is 3.76. The summed E-state index contributed by atoms with van der Waals surface area (Å²) in [6, 6.07) is 5.57. The van der Waals surface area contributed by atoms with Gasteiger partial charge in [0.1, 0.15) is 0 Å². The van der Waals surface area contributed by atoms with Crippen molar-refractivity contribution in [1.82, 2.24) is 0 Å². The Morgan fingerprint density at radius 1 is 1.47 bits per heavy atom. The lowest BCUT2D eigenvalue weighted by atomic mass is 10.0. The number of nitrogens with one attached hydrogen (secondary N) is 1. The minimum Gasteiger partial charge on any atom is -0.463 e. The Balaban J connectivity index is 2.42. The van der Waals surface area contributed by atoms with E-state index in [9.17, 15) is 9.59 Å². The van der Waals surface area contributed by atoms with Crippen LogP contribution in [0.3, 0.4) is 0 Å². The van der Waals surface area contributed by atoms with E-state index in [1.807, 2.05) is 25.1 Å². The van der Waals surface area contributed by atoms with Crippen LogP contribution in [0.15, 0.2) is 24.3 Å². The molecule has 0 aliphatic carbocycles. The van der Waals surface area contributed by atoms with Gasteiger partial charge >= 0.3 is 5.97 Å². The number of hydrogen-bond donors (Lipinski definition) is 1. The van der Waals surface area contributed by atoms with Crippen LogP contribution in [-0.4, -0.2) is 18.5 Å². The van der Waals surface area contributed by atoms with Crippen molar-refractivity contribution in [3.05, 3.63) is 35.4 Å². The quantitative estimate of drug-likeness (QED) is 0.624. The standard InChI is InChI=1S/C13H13NO3/c1-3-17-11(15)7-10-9-6-4-5-8(2)12(9)14-13(10)16/h4-7H,3H2,1-2H3,(H,14,16). The molecule has 1 N–H and O–H groups in total. The number of benzene rings is 1. The average molecular weight is 231 g/mol. The summed E-state index contributed by atoms with van der Waals surface area (Å²) in [6.07, 6.45) is 1.24. The van der Waals surface area contributed by atoms with Gasteiger partial charge in [-0.1, -0.05) is 18.2 Å². The Morgan fingerprint density at radius 3 is 2.94 bits per heavy atom. The lowest BCUT2D eigenvalue weighted by Gasteiger charge is -2.01. The molecule has 0 fully saturated rings. The SMILES string of the molecule is CCOC(=O)C=C1C(=O)Nc2c(C)cccc21. The summed E-state index contributed by atoms with van der Waals surface area (Å²) in [5.74, 6) is -0.755. The lowest BCUT2D eigenvalue weighted by molar-refractivity contribution is -0.137. The minimum absolute atomic E-state index is 0.262. The Labute approximate surface area is 99.3 Å². The van der Waals surface area contributed by atoms with E-state index in [0.717, 1.165) is 16.8 Å². The number of anilines is 1. The predicted molar refractivity (Wildman–Crippen MR) is 64.4 cm³/mol. The van der Waals surface area contributed by atoms with Gasteiger partial charge in [-0.3, -0.25) is 4.79 Å². The van der Waals surface area contributed by atoms with Crippen molar-refractivity contribution in [2.24, 2.45) is 0 Å². The molecule has 1 aromatic rings. The molecule has 0 saturated carbocycles. The van der Waals surface area contributed by atoms with Crippen molar-refractivity contribution in [2.75, 3.05) is 11.9 Å². The predicted octanol–water partition coefficient (Wildman–Crippen LogP) is 1.89. The molecule has 0 atom stereocenters. The third-order valence-electron chi connectivity index (χ3n) is 2.59. The molecule has 1 aliphatic heterocycles. The van der Waals surface area contributed by atoms with Crippen molar-refractivity contribution < 1.29 is 14.3 Å². The van der Waals surface area contributed by atoms with Gasteiger partial charge in [0.2, 0.25) is 0 Å². The van der Waals surface area contributed by atoms with Crippen molar-refractivity contribution in [1.29, 1.82) is 0 Å². The number of ether oxygens (including phenoxy) is 1. The molecular formula is C13H13NO3. The molecule has 0 spiro atoms. The summed E-state index contributed by atoms with van der Waals surface area (Å²) >= 11 is 0. The maximum atomic E-state index is 11.7. The fourth-order valence-corrected chi connectivity index (χ4v) is 1.81. The molecular weight excluding hydrogens is 218 g/mol. The molecule has 17 heavy (non-hydrogen) atoms. The Hall–Kier alpha value is -2.10. The number of fused-ring (bicyclic) bond motifs is 1. The van der Waals surface area contributed by atoms with Gasteiger partial charge in [-0.2, -0.15) is 0 Å². The topological polar surface area (TPSA) is 55.4 Å². The number of amides is 1. The van der Waals surface area contributed by atoms with Crippen LogP contribution in [0.4, 0.5) is 5.69 Å². The summed E-state index contributed by atoms with van der Waals surface area (Å²) in [5.41, 5.74) is 2.86. The van der Waals surface area contributed by atoms with Gasteiger partial charge in [-0.15, -0.1) is 0 Å². The van der Waals surface area contributed by atoms with Gasteiger partial charge in [0, 0.05) is 11.6 Å². The summed E-state index contributed by atoms with van der Waals surface area (Å²) < 4.78 is 4.80. The number of para-hydroxylation sites is 1. The summed E-state index contributed by atoms with van der Waals surface area (Å²) in [6.45, 7) is 3.93. The fourth-order valence-electron chi connectivity index (χ4n) is 1.81. The van der Waals surface area contributed by atoms with Crippen LogP contribution in [0.25, 0.3) is 5.57 Å². The average Bonchev–Trinajstić information content (AvgIpc) is 2.58. The summed E-state index contributed by atoms with van der Waals surface area (Å²) in [4.78, 5) is 23.1. The summed E-state index contributed by atoms with van der Waals surface area (Å²) in [5, 5.41) is 2.75. The van der Waals surface area contributed by atoms with Gasteiger partial charge in [0.25, 0.3) is 5.91 Å². The number of esters is 1. The largest absolute Gasteiger partial charge is 0.463 e. The van der Waals surface area contributed by atoms with Crippen LogP contribution in [0.1, 0.15) is 18.1 Å². The Kier molecular flexibility index (Phi) is 2.95. The van der Waals surface area contributed by atoms with Crippen LogP contribution in [0, 0.1) is 6.92 Å². The molecule has 4 heteroatoms. The zero-order chi connectivity index (χ0) is 12.4. The molecule has 2 rings (SSSR count). The highest BCUT2D eigenvalue weighted by Gasteiger charge is 2.26. The van der Waals surface area contributed by atoms with Gasteiger partial charge in [0.15, 0.2) is 0 Å². The van der Waals surface area contributed by atoms with Gasteiger partial charge in [-0.25, -0.2) is 4.79 Å². The summed E-state index contributed by atoms with van der Waals surface area (Å²) in [7, 11) is 0. The van der Waals surface area contributed by atoms with E-state index in [1.165, 1.54) is 6.08 Å². The lowest BCUT2D eigenvalue weighted by Crippen LogP contribution is -2.07. The number of carbonyl (C=O) groups excluding carboxylic acids is 2. The van der Waals surface area contributed by atoms with E-state index in [2.05, 4.69) is 5.32 Å². The van der Waals surface area contributed by atoms with E-state index >= 15 is 0 Å². The highest BCUT2D eigenvalue weighted by atomic mass is 16.5. The Morgan fingerprint density at radius 2 is 2.24 bits per heavy atom.